The van der Waals surface area contributed by atoms with Gasteiger partial charge in [-0.25, -0.2) is 0 Å². The number of fused-ring (bicyclic) bond motifs is 1. The summed E-state index contributed by atoms with van der Waals surface area (Å²) in [6.07, 6.45) is 2.18. The molecular weight excluding hydrogens is 358 g/mol. The maximum absolute atomic E-state index is 12.6. The zero-order chi connectivity index (χ0) is 20.3. The lowest BCUT2D eigenvalue weighted by Crippen LogP contribution is -2.32. The number of benzene rings is 2. The lowest BCUT2D eigenvalue weighted by molar-refractivity contribution is -0.115. The minimum Gasteiger partial charge on any atom is -0.493 e. The Kier molecular flexibility index (Phi) is 5.68. The number of aryl methyl sites for hydroxylation is 1. The fourth-order valence-corrected chi connectivity index (χ4v) is 3.37. The summed E-state index contributed by atoms with van der Waals surface area (Å²) >= 11 is 0. The van der Waals surface area contributed by atoms with E-state index in [0.717, 1.165) is 29.7 Å². The fraction of sp³-hybridized carbons (Fsp3) is 0.409. The van der Waals surface area contributed by atoms with Gasteiger partial charge in [0.05, 0.1) is 27.8 Å². The molecule has 0 aromatic heterocycles. The Bertz CT molecular complexity index is 850. The number of hydrogen-bond acceptors (Lipinski definition) is 5. The standard InChI is InChI=1S/C22H27NO5/c1-22(2)9-8-15-10-14(6-7-17(15)28-22)11-20(24)23-16-12-18(25-3)21(27-5)19(13-16)26-4/h6-7,10,12-13H,8-9,11H2,1-5H3,(H,23,24). The van der Waals surface area contributed by atoms with Crippen LogP contribution in [0.25, 0.3) is 0 Å². The van der Waals surface area contributed by atoms with Gasteiger partial charge in [-0.1, -0.05) is 12.1 Å². The van der Waals surface area contributed by atoms with Gasteiger partial charge in [-0.3, -0.25) is 4.79 Å². The Hall–Kier alpha value is -2.89. The zero-order valence-corrected chi connectivity index (χ0v) is 17.0. The molecule has 0 saturated heterocycles. The van der Waals surface area contributed by atoms with Crippen LogP contribution in [0.3, 0.4) is 0 Å². The maximum atomic E-state index is 12.6. The van der Waals surface area contributed by atoms with E-state index in [1.165, 1.54) is 0 Å². The van der Waals surface area contributed by atoms with E-state index in [2.05, 4.69) is 25.2 Å². The number of carbonyl (C=O) groups excluding carboxylic acids is 1. The van der Waals surface area contributed by atoms with Crippen molar-refractivity contribution in [3.8, 4) is 23.0 Å². The van der Waals surface area contributed by atoms with Crippen LogP contribution in [-0.2, 0) is 17.6 Å². The molecule has 0 aliphatic carbocycles. The summed E-state index contributed by atoms with van der Waals surface area (Å²) in [6.45, 7) is 4.18. The molecule has 150 valence electrons. The van der Waals surface area contributed by atoms with Crippen molar-refractivity contribution in [2.45, 2.75) is 38.7 Å². The molecule has 0 saturated carbocycles. The van der Waals surface area contributed by atoms with Gasteiger partial charge in [0, 0.05) is 17.8 Å². The highest BCUT2D eigenvalue weighted by Gasteiger charge is 2.26. The molecule has 6 nitrogen and oxygen atoms in total. The van der Waals surface area contributed by atoms with Crippen LogP contribution < -0.4 is 24.3 Å². The van der Waals surface area contributed by atoms with Crippen LogP contribution in [0.2, 0.25) is 0 Å². The average molecular weight is 385 g/mol. The minimum atomic E-state index is -0.141. The molecule has 1 aliphatic heterocycles. The van der Waals surface area contributed by atoms with Gasteiger partial charge in [0.15, 0.2) is 11.5 Å². The largest absolute Gasteiger partial charge is 0.493 e. The summed E-state index contributed by atoms with van der Waals surface area (Å²) in [7, 11) is 4.62. The second kappa shape index (κ2) is 8.00. The smallest absolute Gasteiger partial charge is 0.228 e. The number of ether oxygens (including phenoxy) is 4. The predicted octanol–water partition coefficient (Wildman–Crippen LogP) is 4.00. The highest BCUT2D eigenvalue weighted by atomic mass is 16.5. The highest BCUT2D eigenvalue weighted by molar-refractivity contribution is 5.93. The van der Waals surface area contributed by atoms with Crippen molar-refractivity contribution >= 4 is 11.6 Å². The summed E-state index contributed by atoms with van der Waals surface area (Å²) in [5.74, 6) is 2.26. The monoisotopic (exact) mass is 385 g/mol. The summed E-state index contributed by atoms with van der Waals surface area (Å²) in [4.78, 5) is 12.6. The van der Waals surface area contributed by atoms with Crippen LogP contribution >= 0.6 is 0 Å². The lowest BCUT2D eigenvalue weighted by Gasteiger charge is -2.32. The summed E-state index contributed by atoms with van der Waals surface area (Å²) in [6, 6.07) is 9.37. The summed E-state index contributed by atoms with van der Waals surface area (Å²) in [5, 5.41) is 2.90. The fourth-order valence-electron chi connectivity index (χ4n) is 3.37. The Morgan fingerprint density at radius 3 is 2.36 bits per heavy atom. The Balaban J connectivity index is 1.73. The maximum Gasteiger partial charge on any atom is 0.228 e. The molecule has 28 heavy (non-hydrogen) atoms. The number of rotatable bonds is 6. The van der Waals surface area contributed by atoms with Crippen LogP contribution in [0.1, 0.15) is 31.4 Å². The molecule has 1 heterocycles. The lowest BCUT2D eigenvalue weighted by atomic mass is 9.93. The number of methoxy groups -OCH3 is 3. The van der Waals surface area contributed by atoms with E-state index in [4.69, 9.17) is 18.9 Å². The average Bonchev–Trinajstić information content (AvgIpc) is 2.66. The molecule has 1 amide bonds. The van der Waals surface area contributed by atoms with E-state index < -0.39 is 0 Å². The van der Waals surface area contributed by atoms with Gasteiger partial charge >= 0.3 is 0 Å². The molecule has 0 spiro atoms. The first-order valence-corrected chi connectivity index (χ1v) is 9.26. The van der Waals surface area contributed by atoms with Crippen LogP contribution in [0.4, 0.5) is 5.69 Å². The van der Waals surface area contributed by atoms with Gasteiger partial charge in [0.1, 0.15) is 11.4 Å². The van der Waals surface area contributed by atoms with E-state index in [1.54, 1.807) is 33.5 Å². The molecule has 2 aromatic rings. The number of anilines is 1. The van der Waals surface area contributed by atoms with Crippen LogP contribution in [-0.4, -0.2) is 32.8 Å². The molecule has 0 fully saturated rings. The molecule has 6 heteroatoms. The third kappa shape index (κ3) is 4.32. The van der Waals surface area contributed by atoms with E-state index >= 15 is 0 Å². The molecule has 2 aromatic carbocycles. The third-order valence-corrected chi connectivity index (χ3v) is 4.82. The van der Waals surface area contributed by atoms with Crippen molar-refractivity contribution in [1.29, 1.82) is 0 Å². The van der Waals surface area contributed by atoms with Crippen LogP contribution in [0, 0.1) is 0 Å². The first-order valence-electron chi connectivity index (χ1n) is 9.26. The number of amides is 1. The molecular formula is C22H27NO5. The topological polar surface area (TPSA) is 66.0 Å². The molecule has 1 N–H and O–H groups in total. The van der Waals surface area contributed by atoms with Crippen molar-refractivity contribution in [2.75, 3.05) is 26.6 Å². The summed E-state index contributed by atoms with van der Waals surface area (Å²) < 4.78 is 22.0. The van der Waals surface area contributed by atoms with Gasteiger partial charge in [-0.15, -0.1) is 0 Å². The Labute approximate surface area is 165 Å². The van der Waals surface area contributed by atoms with E-state index in [-0.39, 0.29) is 17.9 Å². The van der Waals surface area contributed by atoms with Gasteiger partial charge in [0.25, 0.3) is 0 Å². The predicted molar refractivity (Wildman–Crippen MR) is 108 cm³/mol. The van der Waals surface area contributed by atoms with Gasteiger partial charge < -0.3 is 24.3 Å². The quantitative estimate of drug-likeness (QED) is 0.814. The molecule has 1 aliphatic rings. The highest BCUT2D eigenvalue weighted by Crippen LogP contribution is 2.40. The van der Waals surface area contributed by atoms with Crippen LogP contribution in [0.15, 0.2) is 30.3 Å². The molecule has 3 rings (SSSR count). The number of hydrogen-bond donors (Lipinski definition) is 1. The second-order valence-electron chi connectivity index (χ2n) is 7.44. The van der Waals surface area contributed by atoms with Crippen LogP contribution in [0.5, 0.6) is 23.0 Å². The van der Waals surface area contributed by atoms with E-state index in [1.807, 2.05) is 12.1 Å². The van der Waals surface area contributed by atoms with Crippen molar-refractivity contribution in [1.82, 2.24) is 0 Å². The number of nitrogens with one attached hydrogen (secondary N) is 1. The molecule has 0 radical (unpaired) electrons. The molecule has 0 unspecified atom stereocenters. The first-order chi connectivity index (χ1) is 13.3. The minimum absolute atomic E-state index is 0.119. The number of carbonyl (C=O) groups is 1. The molecule has 0 bridgehead atoms. The normalized spacial score (nSPS) is 14.5. The SMILES string of the molecule is COc1cc(NC(=O)Cc2ccc3c(c2)CCC(C)(C)O3)cc(OC)c1OC. The third-order valence-electron chi connectivity index (χ3n) is 4.82. The van der Waals surface area contributed by atoms with Gasteiger partial charge in [0.2, 0.25) is 11.7 Å². The van der Waals surface area contributed by atoms with Gasteiger partial charge in [-0.2, -0.15) is 0 Å². The first kappa shape index (κ1) is 19.9. The van der Waals surface area contributed by atoms with E-state index in [0.29, 0.717) is 22.9 Å². The van der Waals surface area contributed by atoms with E-state index in [9.17, 15) is 4.79 Å². The molecule has 0 atom stereocenters. The Morgan fingerprint density at radius 2 is 1.75 bits per heavy atom. The zero-order valence-electron chi connectivity index (χ0n) is 17.0. The van der Waals surface area contributed by atoms with Crippen molar-refractivity contribution in [3.63, 3.8) is 0 Å². The summed E-state index contributed by atoms with van der Waals surface area (Å²) in [5.41, 5.74) is 2.55. The van der Waals surface area contributed by atoms with Crippen molar-refractivity contribution < 1.29 is 23.7 Å². The second-order valence-corrected chi connectivity index (χ2v) is 7.44. The van der Waals surface area contributed by atoms with Crippen molar-refractivity contribution in [2.24, 2.45) is 0 Å². The Morgan fingerprint density at radius 1 is 1.07 bits per heavy atom. The van der Waals surface area contributed by atoms with Gasteiger partial charge in [-0.05, 0) is 43.9 Å². The van der Waals surface area contributed by atoms with Crippen molar-refractivity contribution in [3.05, 3.63) is 41.5 Å².